The maximum absolute atomic E-state index is 12.5. The number of nitrogens with zero attached hydrogens (tertiary/aromatic N) is 2. The van der Waals surface area contributed by atoms with Gasteiger partial charge in [0.25, 0.3) is 0 Å². The van der Waals surface area contributed by atoms with E-state index < -0.39 is 0 Å². The molecule has 0 spiro atoms. The highest BCUT2D eigenvalue weighted by molar-refractivity contribution is 6.00. The summed E-state index contributed by atoms with van der Waals surface area (Å²) in [6.07, 6.45) is 1.43. The molecule has 1 aliphatic carbocycles. The molecule has 6 heteroatoms. The van der Waals surface area contributed by atoms with Gasteiger partial charge in [-0.25, -0.2) is 0 Å². The van der Waals surface area contributed by atoms with Crippen molar-refractivity contribution < 1.29 is 14.4 Å². The molecule has 1 saturated heterocycles. The number of rotatable bonds is 4. The minimum Gasteiger partial charge on any atom is -0.342 e. The molecule has 2 fully saturated rings. The Morgan fingerprint density at radius 3 is 2.50 bits per heavy atom. The fourth-order valence-corrected chi connectivity index (χ4v) is 3.15. The van der Waals surface area contributed by atoms with Crippen molar-refractivity contribution in [3.8, 4) is 0 Å². The molecule has 24 heavy (non-hydrogen) atoms. The van der Waals surface area contributed by atoms with Crippen molar-refractivity contribution in [1.29, 1.82) is 0 Å². The smallest absolute Gasteiger partial charge is 0.228 e. The van der Waals surface area contributed by atoms with E-state index in [2.05, 4.69) is 5.32 Å². The first kappa shape index (κ1) is 16.5. The topological polar surface area (TPSA) is 69.7 Å². The predicted octanol–water partition coefficient (Wildman–Crippen LogP) is 1.18. The number of hydrogen-bond acceptors (Lipinski definition) is 3. The Balaban J connectivity index is 1.55. The van der Waals surface area contributed by atoms with Crippen molar-refractivity contribution in [3.05, 3.63) is 29.3 Å². The third-order valence-electron chi connectivity index (χ3n) is 5.08. The Bertz CT molecular complexity index is 665. The van der Waals surface area contributed by atoms with E-state index in [0.717, 1.165) is 23.2 Å². The van der Waals surface area contributed by atoms with E-state index in [-0.39, 0.29) is 23.7 Å². The van der Waals surface area contributed by atoms with Gasteiger partial charge < -0.3 is 15.1 Å². The molecule has 1 heterocycles. The van der Waals surface area contributed by atoms with E-state index in [9.17, 15) is 14.4 Å². The summed E-state index contributed by atoms with van der Waals surface area (Å²) in [7, 11) is 0. The molecule has 0 bridgehead atoms. The lowest BCUT2D eigenvalue weighted by atomic mass is 10.1. The van der Waals surface area contributed by atoms with E-state index in [1.807, 2.05) is 32.0 Å². The number of anilines is 1. The molecule has 0 radical (unpaired) electrons. The number of aryl methyl sites for hydroxylation is 1. The van der Waals surface area contributed by atoms with E-state index >= 15 is 0 Å². The predicted molar refractivity (Wildman–Crippen MR) is 90.4 cm³/mol. The Kier molecular flexibility index (Phi) is 4.55. The standard InChI is InChI=1S/C18H23N3O3/c1-12-4-3-5-16(13(12)2)19-17(23)14-10-15(14)18(24)21-8-6-20(11-22)7-9-21/h3-5,11,14-15H,6-10H2,1-2H3,(H,19,23). The van der Waals surface area contributed by atoms with Gasteiger partial charge in [0.1, 0.15) is 0 Å². The van der Waals surface area contributed by atoms with Crippen LogP contribution < -0.4 is 5.32 Å². The summed E-state index contributed by atoms with van der Waals surface area (Å²) in [5.41, 5.74) is 3.00. The number of hydrogen-bond donors (Lipinski definition) is 1. The summed E-state index contributed by atoms with van der Waals surface area (Å²) in [5, 5.41) is 2.95. The first-order valence-corrected chi connectivity index (χ1v) is 8.36. The Morgan fingerprint density at radius 2 is 1.83 bits per heavy atom. The zero-order valence-electron chi connectivity index (χ0n) is 14.1. The van der Waals surface area contributed by atoms with Gasteiger partial charge in [-0.05, 0) is 37.5 Å². The van der Waals surface area contributed by atoms with Crippen molar-refractivity contribution in [3.63, 3.8) is 0 Å². The van der Waals surface area contributed by atoms with Crippen molar-refractivity contribution in [2.75, 3.05) is 31.5 Å². The highest BCUT2D eigenvalue weighted by atomic mass is 16.2. The van der Waals surface area contributed by atoms with Gasteiger partial charge in [0.2, 0.25) is 18.2 Å². The van der Waals surface area contributed by atoms with Crippen LogP contribution in [0, 0.1) is 25.7 Å². The second-order valence-corrected chi connectivity index (χ2v) is 6.65. The second-order valence-electron chi connectivity index (χ2n) is 6.65. The van der Waals surface area contributed by atoms with Crippen LogP contribution in [0.2, 0.25) is 0 Å². The molecule has 2 unspecified atom stereocenters. The van der Waals surface area contributed by atoms with Crippen molar-refractivity contribution in [1.82, 2.24) is 9.80 Å². The van der Waals surface area contributed by atoms with Gasteiger partial charge in [0.15, 0.2) is 0 Å². The number of piperazine rings is 1. The van der Waals surface area contributed by atoms with Crippen LogP contribution in [0.4, 0.5) is 5.69 Å². The van der Waals surface area contributed by atoms with Crippen LogP contribution in [-0.4, -0.2) is 54.2 Å². The number of benzene rings is 1. The van der Waals surface area contributed by atoms with Gasteiger partial charge in [0.05, 0.1) is 11.8 Å². The van der Waals surface area contributed by atoms with E-state index in [1.165, 1.54) is 0 Å². The maximum atomic E-state index is 12.5. The maximum Gasteiger partial charge on any atom is 0.228 e. The zero-order valence-corrected chi connectivity index (χ0v) is 14.1. The number of carbonyl (C=O) groups is 3. The molecule has 1 saturated carbocycles. The highest BCUT2D eigenvalue weighted by Gasteiger charge is 2.49. The van der Waals surface area contributed by atoms with Gasteiger partial charge in [-0.1, -0.05) is 12.1 Å². The molecule has 2 aliphatic rings. The Hall–Kier alpha value is -2.37. The minimum atomic E-state index is -0.235. The van der Waals surface area contributed by atoms with Crippen LogP contribution in [0.5, 0.6) is 0 Å². The summed E-state index contributed by atoms with van der Waals surface area (Å²) in [5.74, 6) is -0.477. The molecule has 6 nitrogen and oxygen atoms in total. The summed E-state index contributed by atoms with van der Waals surface area (Å²) < 4.78 is 0. The molecule has 1 aliphatic heterocycles. The Morgan fingerprint density at radius 1 is 1.12 bits per heavy atom. The van der Waals surface area contributed by atoms with Crippen molar-refractivity contribution in [2.24, 2.45) is 11.8 Å². The summed E-state index contributed by atoms with van der Waals surface area (Å²) in [4.78, 5) is 39.0. The lowest BCUT2D eigenvalue weighted by Crippen LogP contribution is -2.48. The molecule has 3 amide bonds. The summed E-state index contributed by atoms with van der Waals surface area (Å²) >= 11 is 0. The summed E-state index contributed by atoms with van der Waals surface area (Å²) in [6, 6.07) is 5.81. The minimum absolute atomic E-state index is 0.0432. The van der Waals surface area contributed by atoms with Gasteiger partial charge in [-0.15, -0.1) is 0 Å². The fraction of sp³-hybridized carbons (Fsp3) is 0.500. The fourth-order valence-electron chi connectivity index (χ4n) is 3.15. The van der Waals surface area contributed by atoms with Crippen LogP contribution >= 0.6 is 0 Å². The number of nitrogens with one attached hydrogen (secondary N) is 1. The van der Waals surface area contributed by atoms with Crippen molar-refractivity contribution >= 4 is 23.9 Å². The third-order valence-corrected chi connectivity index (χ3v) is 5.08. The van der Waals surface area contributed by atoms with Gasteiger partial charge in [-0.3, -0.25) is 14.4 Å². The quantitative estimate of drug-likeness (QED) is 0.843. The van der Waals surface area contributed by atoms with E-state index in [1.54, 1.807) is 9.80 Å². The van der Waals surface area contributed by atoms with E-state index in [4.69, 9.17) is 0 Å². The van der Waals surface area contributed by atoms with Crippen LogP contribution in [-0.2, 0) is 14.4 Å². The average molecular weight is 329 g/mol. The summed E-state index contributed by atoms with van der Waals surface area (Å²) in [6.45, 7) is 6.24. The SMILES string of the molecule is Cc1cccc(NC(=O)C2CC2C(=O)N2CCN(C=O)CC2)c1C. The van der Waals surface area contributed by atoms with Crippen LogP contribution in [0.15, 0.2) is 18.2 Å². The average Bonchev–Trinajstić information content (AvgIpc) is 3.39. The largest absolute Gasteiger partial charge is 0.342 e. The Labute approximate surface area is 141 Å². The van der Waals surface area contributed by atoms with Gasteiger partial charge >= 0.3 is 0 Å². The molecule has 3 rings (SSSR count). The lowest BCUT2D eigenvalue weighted by Gasteiger charge is -2.32. The van der Waals surface area contributed by atoms with Crippen molar-refractivity contribution in [2.45, 2.75) is 20.3 Å². The first-order chi connectivity index (χ1) is 11.5. The normalized spacial score (nSPS) is 22.9. The molecule has 2 atom stereocenters. The van der Waals surface area contributed by atoms with Gasteiger partial charge in [0, 0.05) is 31.9 Å². The van der Waals surface area contributed by atoms with Gasteiger partial charge in [-0.2, -0.15) is 0 Å². The van der Waals surface area contributed by atoms with Crippen LogP contribution in [0.3, 0.4) is 0 Å². The molecule has 128 valence electrons. The van der Waals surface area contributed by atoms with E-state index in [0.29, 0.717) is 32.6 Å². The lowest BCUT2D eigenvalue weighted by molar-refractivity contribution is -0.137. The number of amides is 3. The highest BCUT2D eigenvalue weighted by Crippen LogP contribution is 2.41. The second kappa shape index (κ2) is 6.63. The third kappa shape index (κ3) is 3.27. The molecule has 1 aromatic carbocycles. The zero-order chi connectivity index (χ0) is 17.3. The number of carbonyl (C=O) groups excluding carboxylic acids is 3. The molecule has 0 aromatic heterocycles. The first-order valence-electron chi connectivity index (χ1n) is 8.36. The van der Waals surface area contributed by atoms with Crippen LogP contribution in [0.25, 0.3) is 0 Å². The molecular formula is C18H23N3O3. The monoisotopic (exact) mass is 329 g/mol. The molecular weight excluding hydrogens is 306 g/mol. The molecule has 1 aromatic rings. The molecule has 1 N–H and O–H groups in total. The van der Waals surface area contributed by atoms with Crippen LogP contribution in [0.1, 0.15) is 17.5 Å².